The molecule has 0 unspecified atom stereocenters. The SMILES string of the molecule is CCCCCNC(=O)COc1cc(C)ccc1C. The molecule has 1 amide bonds. The van der Waals surface area contributed by atoms with Crippen LogP contribution in [0.1, 0.15) is 37.3 Å². The molecule has 3 heteroatoms. The summed E-state index contributed by atoms with van der Waals surface area (Å²) in [6.45, 7) is 6.97. The molecule has 0 aromatic heterocycles. The number of carbonyl (C=O) groups is 1. The highest BCUT2D eigenvalue weighted by Crippen LogP contribution is 2.18. The molecule has 0 aliphatic carbocycles. The van der Waals surface area contributed by atoms with Gasteiger partial charge in [0.1, 0.15) is 5.75 Å². The molecular formula is C15H23NO2. The highest BCUT2D eigenvalue weighted by Gasteiger charge is 2.04. The Morgan fingerprint density at radius 2 is 2.06 bits per heavy atom. The normalized spacial score (nSPS) is 10.2. The predicted octanol–water partition coefficient (Wildman–Crippen LogP) is 2.99. The quantitative estimate of drug-likeness (QED) is 0.754. The van der Waals surface area contributed by atoms with Gasteiger partial charge in [0, 0.05) is 6.54 Å². The fraction of sp³-hybridized carbons (Fsp3) is 0.533. The summed E-state index contributed by atoms with van der Waals surface area (Å²) in [7, 11) is 0. The predicted molar refractivity (Wildman–Crippen MR) is 73.9 cm³/mol. The first-order valence-electron chi connectivity index (χ1n) is 6.60. The Balaban J connectivity index is 2.31. The molecule has 0 aliphatic rings. The van der Waals surface area contributed by atoms with E-state index in [1.807, 2.05) is 32.0 Å². The minimum Gasteiger partial charge on any atom is -0.483 e. The van der Waals surface area contributed by atoms with E-state index in [-0.39, 0.29) is 12.5 Å². The van der Waals surface area contributed by atoms with Gasteiger partial charge in [-0.2, -0.15) is 0 Å². The van der Waals surface area contributed by atoms with Gasteiger partial charge < -0.3 is 10.1 Å². The average molecular weight is 249 g/mol. The molecule has 0 bridgehead atoms. The van der Waals surface area contributed by atoms with Crippen LogP contribution in [0.3, 0.4) is 0 Å². The van der Waals surface area contributed by atoms with Crippen LogP contribution >= 0.6 is 0 Å². The van der Waals surface area contributed by atoms with Gasteiger partial charge in [0.25, 0.3) is 5.91 Å². The zero-order chi connectivity index (χ0) is 13.4. The number of unbranched alkanes of at least 4 members (excludes halogenated alkanes) is 2. The molecule has 0 fully saturated rings. The molecule has 0 saturated carbocycles. The summed E-state index contributed by atoms with van der Waals surface area (Å²) in [5.41, 5.74) is 2.19. The van der Waals surface area contributed by atoms with Crippen molar-refractivity contribution in [1.82, 2.24) is 5.32 Å². The van der Waals surface area contributed by atoms with E-state index < -0.39 is 0 Å². The molecule has 1 aromatic rings. The summed E-state index contributed by atoms with van der Waals surface area (Å²) >= 11 is 0. The summed E-state index contributed by atoms with van der Waals surface area (Å²) in [5.74, 6) is 0.741. The average Bonchev–Trinajstić information content (AvgIpc) is 2.36. The van der Waals surface area contributed by atoms with Crippen LogP contribution in [0.5, 0.6) is 5.75 Å². The van der Waals surface area contributed by atoms with E-state index in [9.17, 15) is 4.79 Å². The molecule has 0 saturated heterocycles. The summed E-state index contributed by atoms with van der Waals surface area (Å²) in [6, 6.07) is 6.00. The van der Waals surface area contributed by atoms with Crippen molar-refractivity contribution >= 4 is 5.91 Å². The number of rotatable bonds is 7. The lowest BCUT2D eigenvalue weighted by Gasteiger charge is -2.10. The molecule has 0 aliphatic heterocycles. The highest BCUT2D eigenvalue weighted by molar-refractivity contribution is 5.77. The smallest absolute Gasteiger partial charge is 0.257 e. The van der Waals surface area contributed by atoms with E-state index in [2.05, 4.69) is 12.2 Å². The van der Waals surface area contributed by atoms with Gasteiger partial charge in [0.2, 0.25) is 0 Å². The maximum atomic E-state index is 11.5. The molecule has 18 heavy (non-hydrogen) atoms. The molecule has 1 aromatic carbocycles. The third kappa shape index (κ3) is 5.21. The first-order valence-corrected chi connectivity index (χ1v) is 6.60. The second-order valence-corrected chi connectivity index (χ2v) is 4.61. The summed E-state index contributed by atoms with van der Waals surface area (Å²) < 4.78 is 5.52. The number of carbonyl (C=O) groups excluding carboxylic acids is 1. The van der Waals surface area contributed by atoms with Crippen molar-refractivity contribution in [2.45, 2.75) is 40.0 Å². The molecule has 1 N–H and O–H groups in total. The van der Waals surface area contributed by atoms with Gasteiger partial charge in [0.05, 0.1) is 0 Å². The standard InChI is InChI=1S/C15H23NO2/c1-4-5-6-9-16-15(17)11-18-14-10-12(2)7-8-13(14)3/h7-8,10H,4-6,9,11H2,1-3H3,(H,16,17). The van der Waals surface area contributed by atoms with Gasteiger partial charge in [-0.15, -0.1) is 0 Å². The summed E-state index contributed by atoms with van der Waals surface area (Å²) in [5, 5.41) is 2.86. The Morgan fingerprint density at radius 3 is 2.78 bits per heavy atom. The second-order valence-electron chi connectivity index (χ2n) is 4.61. The number of aryl methyl sites for hydroxylation is 2. The number of ether oxygens (including phenoxy) is 1. The van der Waals surface area contributed by atoms with Crippen LogP contribution in [0.2, 0.25) is 0 Å². The monoisotopic (exact) mass is 249 g/mol. The second kappa shape index (κ2) is 7.75. The Labute approximate surface area is 110 Å². The number of benzene rings is 1. The lowest BCUT2D eigenvalue weighted by molar-refractivity contribution is -0.123. The lowest BCUT2D eigenvalue weighted by atomic mass is 10.1. The van der Waals surface area contributed by atoms with E-state index in [1.165, 1.54) is 0 Å². The maximum Gasteiger partial charge on any atom is 0.257 e. The number of amides is 1. The molecule has 0 spiro atoms. The van der Waals surface area contributed by atoms with Crippen LogP contribution in [0.4, 0.5) is 0 Å². The van der Waals surface area contributed by atoms with Crippen molar-refractivity contribution in [3.63, 3.8) is 0 Å². The van der Waals surface area contributed by atoms with Crippen LogP contribution in [-0.2, 0) is 4.79 Å². The molecule has 100 valence electrons. The van der Waals surface area contributed by atoms with Crippen molar-refractivity contribution in [3.05, 3.63) is 29.3 Å². The molecule has 3 nitrogen and oxygen atoms in total. The zero-order valence-corrected chi connectivity index (χ0v) is 11.6. The third-order valence-electron chi connectivity index (χ3n) is 2.80. The zero-order valence-electron chi connectivity index (χ0n) is 11.6. The first-order chi connectivity index (χ1) is 8.63. The number of nitrogens with one attached hydrogen (secondary N) is 1. The Hall–Kier alpha value is -1.51. The number of hydrogen-bond donors (Lipinski definition) is 1. The van der Waals surface area contributed by atoms with Crippen molar-refractivity contribution in [1.29, 1.82) is 0 Å². The molecule has 0 heterocycles. The first kappa shape index (κ1) is 14.6. The van der Waals surface area contributed by atoms with Gasteiger partial charge in [-0.25, -0.2) is 0 Å². The summed E-state index contributed by atoms with van der Waals surface area (Å²) in [4.78, 5) is 11.5. The van der Waals surface area contributed by atoms with E-state index in [1.54, 1.807) is 0 Å². The minimum atomic E-state index is -0.0491. The minimum absolute atomic E-state index is 0.0491. The van der Waals surface area contributed by atoms with Crippen molar-refractivity contribution < 1.29 is 9.53 Å². The van der Waals surface area contributed by atoms with Crippen LogP contribution in [-0.4, -0.2) is 19.1 Å². The fourth-order valence-electron chi connectivity index (χ4n) is 1.66. The van der Waals surface area contributed by atoms with Crippen molar-refractivity contribution in [2.75, 3.05) is 13.2 Å². The van der Waals surface area contributed by atoms with E-state index in [0.29, 0.717) is 0 Å². The molecule has 0 radical (unpaired) electrons. The van der Waals surface area contributed by atoms with Crippen molar-refractivity contribution in [3.8, 4) is 5.75 Å². The maximum absolute atomic E-state index is 11.5. The largest absolute Gasteiger partial charge is 0.483 e. The van der Waals surface area contributed by atoms with Crippen LogP contribution in [0, 0.1) is 13.8 Å². The van der Waals surface area contributed by atoms with E-state index >= 15 is 0 Å². The Morgan fingerprint density at radius 1 is 1.28 bits per heavy atom. The van der Waals surface area contributed by atoms with Crippen LogP contribution in [0.15, 0.2) is 18.2 Å². The van der Waals surface area contributed by atoms with E-state index in [0.717, 1.165) is 42.7 Å². The molecular weight excluding hydrogens is 226 g/mol. The Bertz CT molecular complexity index is 388. The fourth-order valence-corrected chi connectivity index (χ4v) is 1.66. The van der Waals surface area contributed by atoms with Crippen LogP contribution < -0.4 is 10.1 Å². The van der Waals surface area contributed by atoms with Gasteiger partial charge >= 0.3 is 0 Å². The van der Waals surface area contributed by atoms with Crippen LogP contribution in [0.25, 0.3) is 0 Å². The van der Waals surface area contributed by atoms with Gasteiger partial charge in [-0.3, -0.25) is 4.79 Å². The highest BCUT2D eigenvalue weighted by atomic mass is 16.5. The van der Waals surface area contributed by atoms with Crippen molar-refractivity contribution in [2.24, 2.45) is 0 Å². The molecule has 1 rings (SSSR count). The third-order valence-corrected chi connectivity index (χ3v) is 2.80. The lowest BCUT2D eigenvalue weighted by Crippen LogP contribution is -2.29. The van der Waals surface area contributed by atoms with Gasteiger partial charge in [-0.1, -0.05) is 31.9 Å². The summed E-state index contributed by atoms with van der Waals surface area (Å²) in [6.07, 6.45) is 3.35. The topological polar surface area (TPSA) is 38.3 Å². The van der Waals surface area contributed by atoms with Gasteiger partial charge in [-0.05, 0) is 37.5 Å². The van der Waals surface area contributed by atoms with Gasteiger partial charge in [0.15, 0.2) is 6.61 Å². The van der Waals surface area contributed by atoms with E-state index in [4.69, 9.17) is 4.74 Å². The Kier molecular flexibility index (Phi) is 6.26. The number of hydrogen-bond acceptors (Lipinski definition) is 2. The molecule has 0 atom stereocenters.